The normalized spacial score (nSPS) is 35.0. The number of ether oxygens (including phenoxy) is 1. The van der Waals surface area contributed by atoms with Gasteiger partial charge in [-0.3, -0.25) is 0 Å². The highest BCUT2D eigenvalue weighted by molar-refractivity contribution is 4.87. The highest BCUT2D eigenvalue weighted by Crippen LogP contribution is 2.35. The second-order valence-corrected chi connectivity index (χ2v) is 4.56. The molecule has 0 aliphatic heterocycles. The Hall–Kier alpha value is -0.0800. The molecule has 2 unspecified atom stereocenters. The van der Waals surface area contributed by atoms with E-state index in [-0.39, 0.29) is 6.04 Å². The Kier molecular flexibility index (Phi) is 3.13. The summed E-state index contributed by atoms with van der Waals surface area (Å²) >= 11 is 0. The average Bonchev–Trinajstić information content (AvgIpc) is 1.97. The Labute approximate surface area is 75.5 Å². The SMILES string of the molecule is CCOC1CC(C)(C)CCC1N. The lowest BCUT2D eigenvalue weighted by Gasteiger charge is -2.38. The van der Waals surface area contributed by atoms with E-state index < -0.39 is 0 Å². The van der Waals surface area contributed by atoms with Gasteiger partial charge in [0.2, 0.25) is 0 Å². The van der Waals surface area contributed by atoms with Crippen LogP contribution in [-0.4, -0.2) is 18.8 Å². The molecule has 0 aromatic heterocycles. The van der Waals surface area contributed by atoms with Gasteiger partial charge in [0.1, 0.15) is 0 Å². The summed E-state index contributed by atoms with van der Waals surface area (Å²) in [4.78, 5) is 0. The molecule has 2 N–H and O–H groups in total. The largest absolute Gasteiger partial charge is 0.377 e. The van der Waals surface area contributed by atoms with Gasteiger partial charge in [-0.15, -0.1) is 0 Å². The van der Waals surface area contributed by atoms with Gasteiger partial charge in [0, 0.05) is 12.6 Å². The first-order valence-electron chi connectivity index (χ1n) is 4.92. The first-order chi connectivity index (χ1) is 5.55. The van der Waals surface area contributed by atoms with Crippen LogP contribution in [0.4, 0.5) is 0 Å². The summed E-state index contributed by atoms with van der Waals surface area (Å²) in [7, 11) is 0. The lowest BCUT2D eigenvalue weighted by molar-refractivity contribution is -0.0130. The zero-order valence-corrected chi connectivity index (χ0v) is 8.47. The van der Waals surface area contributed by atoms with E-state index in [1.807, 2.05) is 6.92 Å². The molecule has 0 bridgehead atoms. The van der Waals surface area contributed by atoms with E-state index in [0.717, 1.165) is 19.4 Å². The zero-order valence-electron chi connectivity index (χ0n) is 8.47. The molecule has 1 aliphatic carbocycles. The number of rotatable bonds is 2. The maximum atomic E-state index is 5.96. The lowest BCUT2D eigenvalue weighted by atomic mass is 9.74. The van der Waals surface area contributed by atoms with Crippen LogP contribution in [0.25, 0.3) is 0 Å². The van der Waals surface area contributed by atoms with E-state index in [9.17, 15) is 0 Å². The van der Waals surface area contributed by atoms with Crippen molar-refractivity contribution in [1.82, 2.24) is 0 Å². The van der Waals surface area contributed by atoms with Crippen LogP contribution in [0, 0.1) is 5.41 Å². The van der Waals surface area contributed by atoms with Crippen LogP contribution in [0.1, 0.15) is 40.0 Å². The van der Waals surface area contributed by atoms with Crippen LogP contribution in [0.2, 0.25) is 0 Å². The minimum atomic E-state index is 0.262. The minimum Gasteiger partial charge on any atom is -0.377 e. The quantitative estimate of drug-likeness (QED) is 0.689. The van der Waals surface area contributed by atoms with Gasteiger partial charge in [-0.1, -0.05) is 13.8 Å². The molecular weight excluding hydrogens is 150 g/mol. The van der Waals surface area contributed by atoms with E-state index in [1.165, 1.54) is 6.42 Å². The molecule has 2 heteroatoms. The monoisotopic (exact) mass is 171 g/mol. The van der Waals surface area contributed by atoms with Crippen LogP contribution in [0.15, 0.2) is 0 Å². The summed E-state index contributed by atoms with van der Waals surface area (Å²) in [5.74, 6) is 0. The van der Waals surface area contributed by atoms with Gasteiger partial charge in [-0.05, 0) is 31.6 Å². The van der Waals surface area contributed by atoms with Crippen molar-refractivity contribution in [2.45, 2.75) is 52.2 Å². The van der Waals surface area contributed by atoms with E-state index in [2.05, 4.69) is 13.8 Å². The molecule has 0 radical (unpaired) electrons. The molecule has 1 saturated carbocycles. The fourth-order valence-electron chi connectivity index (χ4n) is 1.94. The van der Waals surface area contributed by atoms with Crippen molar-refractivity contribution in [3.8, 4) is 0 Å². The Balaban J connectivity index is 2.47. The molecule has 12 heavy (non-hydrogen) atoms. The molecule has 0 amide bonds. The van der Waals surface area contributed by atoms with E-state index in [1.54, 1.807) is 0 Å². The third-order valence-corrected chi connectivity index (χ3v) is 2.77. The minimum absolute atomic E-state index is 0.262. The van der Waals surface area contributed by atoms with Crippen molar-refractivity contribution in [3.63, 3.8) is 0 Å². The smallest absolute Gasteiger partial charge is 0.0730 e. The Morgan fingerprint density at radius 1 is 1.50 bits per heavy atom. The Morgan fingerprint density at radius 2 is 2.17 bits per heavy atom. The van der Waals surface area contributed by atoms with Crippen LogP contribution in [0.5, 0.6) is 0 Å². The van der Waals surface area contributed by atoms with Crippen LogP contribution >= 0.6 is 0 Å². The molecule has 0 spiro atoms. The third-order valence-electron chi connectivity index (χ3n) is 2.77. The molecule has 0 aromatic rings. The van der Waals surface area contributed by atoms with Crippen LogP contribution in [0.3, 0.4) is 0 Å². The summed E-state index contributed by atoms with van der Waals surface area (Å²) in [5, 5.41) is 0. The molecule has 72 valence electrons. The molecule has 0 saturated heterocycles. The van der Waals surface area contributed by atoms with Gasteiger partial charge in [0.25, 0.3) is 0 Å². The predicted octanol–water partition coefficient (Wildman–Crippen LogP) is 1.93. The van der Waals surface area contributed by atoms with Gasteiger partial charge >= 0.3 is 0 Å². The van der Waals surface area contributed by atoms with Crippen molar-refractivity contribution in [2.24, 2.45) is 11.1 Å². The van der Waals surface area contributed by atoms with Crippen molar-refractivity contribution < 1.29 is 4.74 Å². The average molecular weight is 171 g/mol. The first kappa shape index (κ1) is 10.0. The predicted molar refractivity (Wildman–Crippen MR) is 51.0 cm³/mol. The van der Waals surface area contributed by atoms with Crippen molar-refractivity contribution in [1.29, 1.82) is 0 Å². The van der Waals surface area contributed by atoms with Crippen molar-refractivity contribution in [3.05, 3.63) is 0 Å². The fourth-order valence-corrected chi connectivity index (χ4v) is 1.94. The van der Waals surface area contributed by atoms with E-state index in [4.69, 9.17) is 10.5 Å². The maximum Gasteiger partial charge on any atom is 0.0730 e. The van der Waals surface area contributed by atoms with E-state index >= 15 is 0 Å². The molecule has 2 atom stereocenters. The first-order valence-corrected chi connectivity index (χ1v) is 4.92. The molecule has 0 heterocycles. The summed E-state index contributed by atoms with van der Waals surface area (Å²) in [6.07, 6.45) is 3.75. The van der Waals surface area contributed by atoms with Crippen LogP contribution < -0.4 is 5.73 Å². The molecule has 1 aliphatic rings. The highest BCUT2D eigenvalue weighted by atomic mass is 16.5. The second kappa shape index (κ2) is 3.75. The summed E-state index contributed by atoms with van der Waals surface area (Å²) in [5.41, 5.74) is 6.39. The van der Waals surface area contributed by atoms with Gasteiger partial charge < -0.3 is 10.5 Å². The Bertz CT molecular complexity index is 145. The van der Waals surface area contributed by atoms with Gasteiger partial charge in [0.15, 0.2) is 0 Å². The van der Waals surface area contributed by atoms with Crippen LogP contribution in [-0.2, 0) is 4.74 Å². The maximum absolute atomic E-state index is 5.96. The molecule has 2 nitrogen and oxygen atoms in total. The van der Waals surface area contributed by atoms with Gasteiger partial charge in [-0.25, -0.2) is 0 Å². The standard InChI is InChI=1S/C10H21NO/c1-4-12-9-7-10(2,3)6-5-8(9)11/h8-9H,4-7,11H2,1-3H3. The van der Waals surface area contributed by atoms with Gasteiger partial charge in [0.05, 0.1) is 6.10 Å². The lowest BCUT2D eigenvalue weighted by Crippen LogP contribution is -2.44. The topological polar surface area (TPSA) is 35.2 Å². The van der Waals surface area contributed by atoms with E-state index in [0.29, 0.717) is 11.5 Å². The summed E-state index contributed by atoms with van der Waals surface area (Å²) in [6.45, 7) is 7.42. The van der Waals surface area contributed by atoms with Crippen molar-refractivity contribution >= 4 is 0 Å². The second-order valence-electron chi connectivity index (χ2n) is 4.56. The molecule has 1 fully saturated rings. The molecular formula is C10H21NO. The fraction of sp³-hybridized carbons (Fsp3) is 1.00. The number of hydrogen-bond donors (Lipinski definition) is 1. The highest BCUT2D eigenvalue weighted by Gasteiger charge is 2.33. The number of nitrogens with two attached hydrogens (primary N) is 1. The van der Waals surface area contributed by atoms with Gasteiger partial charge in [-0.2, -0.15) is 0 Å². The number of hydrogen-bond acceptors (Lipinski definition) is 2. The van der Waals surface area contributed by atoms with Crippen molar-refractivity contribution in [2.75, 3.05) is 6.61 Å². The Morgan fingerprint density at radius 3 is 2.75 bits per heavy atom. The third kappa shape index (κ3) is 2.46. The zero-order chi connectivity index (χ0) is 9.19. The summed E-state index contributed by atoms with van der Waals surface area (Å²) < 4.78 is 5.61. The molecule has 1 rings (SSSR count). The molecule has 0 aromatic carbocycles. The summed E-state index contributed by atoms with van der Waals surface area (Å²) in [6, 6.07) is 0.262.